The molecule has 0 spiro atoms. The smallest absolute Gasteiger partial charge is 0.380 e. The summed E-state index contributed by atoms with van der Waals surface area (Å²) in [5, 5.41) is 0. The van der Waals surface area contributed by atoms with Gasteiger partial charge in [-0.15, -0.1) is 0 Å². The number of unbranched alkanes of at least 4 members (excludes halogenated alkanes) is 5. The minimum Gasteiger partial charge on any atom is -0.380 e. The van der Waals surface area contributed by atoms with Gasteiger partial charge in [0.2, 0.25) is 0 Å². The molecule has 1 nitrogen and oxygen atoms in total. The van der Waals surface area contributed by atoms with Gasteiger partial charge in [0.1, 0.15) is 0 Å². The van der Waals surface area contributed by atoms with E-state index < -0.39 is 28.4 Å². The van der Waals surface area contributed by atoms with E-state index in [1.807, 2.05) is 0 Å². The van der Waals surface area contributed by atoms with E-state index in [1.165, 1.54) is 22.6 Å². The number of rotatable bonds is 11. The Bertz CT molecular complexity index is 303. The lowest BCUT2D eigenvalue weighted by Gasteiger charge is -2.31. The second-order valence-electron chi connectivity index (χ2n) is 5.44. The van der Waals surface area contributed by atoms with E-state index in [2.05, 4.69) is 6.92 Å². The molecule has 1 atom stereocenters. The molecule has 1 unspecified atom stereocenters. The molecular formula is C14H22F7IO. The van der Waals surface area contributed by atoms with Crippen molar-refractivity contribution in [2.45, 2.75) is 73.8 Å². The van der Waals surface area contributed by atoms with Crippen molar-refractivity contribution >= 4 is 22.6 Å². The zero-order chi connectivity index (χ0) is 18.1. The molecule has 0 aliphatic rings. The summed E-state index contributed by atoms with van der Waals surface area (Å²) in [7, 11) is 0. The average molecular weight is 466 g/mol. The third kappa shape index (κ3) is 8.22. The highest BCUT2D eigenvalue weighted by atomic mass is 127. The van der Waals surface area contributed by atoms with E-state index in [0.29, 0.717) is 6.42 Å². The highest BCUT2D eigenvalue weighted by Crippen LogP contribution is 2.49. The monoisotopic (exact) mass is 466 g/mol. The predicted octanol–water partition coefficient (Wildman–Crippen LogP) is 6.39. The van der Waals surface area contributed by atoms with Gasteiger partial charge in [-0.1, -0.05) is 61.6 Å². The summed E-state index contributed by atoms with van der Waals surface area (Å²) in [4.78, 5) is 0. The quantitative estimate of drug-likeness (QED) is 0.148. The lowest BCUT2D eigenvalue weighted by molar-refractivity contribution is -0.343. The first-order chi connectivity index (χ1) is 10.5. The molecule has 0 bridgehead atoms. The molecule has 0 N–H and O–H groups in total. The molecule has 23 heavy (non-hydrogen) atoms. The molecule has 0 rings (SSSR count). The highest BCUT2D eigenvalue weighted by molar-refractivity contribution is 14.1. The lowest BCUT2D eigenvalue weighted by atomic mass is 9.98. The number of ether oxygens (including phenoxy) is 1. The van der Waals surface area contributed by atoms with E-state index >= 15 is 0 Å². The maximum Gasteiger partial charge on any atom is 0.431 e. The van der Waals surface area contributed by atoms with Crippen LogP contribution in [-0.2, 0) is 4.74 Å². The molecule has 0 aromatic rings. The van der Waals surface area contributed by atoms with Crippen LogP contribution in [0.2, 0.25) is 0 Å². The summed E-state index contributed by atoms with van der Waals surface area (Å²) in [5.41, 5.74) is -5.20. The average Bonchev–Trinajstić information content (AvgIpc) is 2.39. The normalized spacial score (nSPS) is 15.0. The molecule has 0 aromatic heterocycles. The van der Waals surface area contributed by atoms with Crippen LogP contribution in [-0.4, -0.2) is 35.2 Å². The van der Waals surface area contributed by atoms with Gasteiger partial charge in [-0.25, -0.2) is 4.39 Å². The van der Waals surface area contributed by atoms with Crippen molar-refractivity contribution in [3.63, 3.8) is 0 Å². The van der Waals surface area contributed by atoms with Crippen molar-refractivity contribution < 1.29 is 35.5 Å². The van der Waals surface area contributed by atoms with Crippen molar-refractivity contribution in [1.29, 1.82) is 0 Å². The minimum atomic E-state index is -5.99. The summed E-state index contributed by atoms with van der Waals surface area (Å²) in [6.07, 6.45) is -7.76. The van der Waals surface area contributed by atoms with Gasteiger partial charge in [0.05, 0.1) is 6.61 Å². The van der Waals surface area contributed by atoms with Crippen molar-refractivity contribution in [1.82, 2.24) is 0 Å². The second-order valence-corrected chi connectivity index (χ2v) is 7.20. The Morgan fingerprint density at radius 2 is 1.30 bits per heavy atom. The van der Waals surface area contributed by atoms with Gasteiger partial charge in [0, 0.05) is 17.0 Å². The highest BCUT2D eigenvalue weighted by Gasteiger charge is 2.72. The topological polar surface area (TPSA) is 9.23 Å². The van der Waals surface area contributed by atoms with E-state index in [-0.39, 0.29) is 13.2 Å². The third-order valence-corrected chi connectivity index (χ3v) is 4.14. The summed E-state index contributed by atoms with van der Waals surface area (Å²) in [6.45, 7) is 1.99. The van der Waals surface area contributed by atoms with Gasteiger partial charge in [0.25, 0.3) is 5.67 Å². The van der Waals surface area contributed by atoms with E-state index in [9.17, 15) is 30.7 Å². The van der Waals surface area contributed by atoms with Gasteiger partial charge < -0.3 is 4.74 Å². The van der Waals surface area contributed by atoms with E-state index in [4.69, 9.17) is 4.74 Å². The largest absolute Gasteiger partial charge is 0.431 e. The van der Waals surface area contributed by atoms with Crippen molar-refractivity contribution in [2.24, 2.45) is 0 Å². The SMILES string of the molecule is CCCCCCCCOCC(I)CC(F)(C(F)(F)F)C(F)(F)F. The second kappa shape index (κ2) is 10.2. The lowest BCUT2D eigenvalue weighted by Crippen LogP contribution is -2.54. The van der Waals surface area contributed by atoms with Crippen LogP contribution < -0.4 is 0 Å². The summed E-state index contributed by atoms with van der Waals surface area (Å²) in [5.74, 6) is 0. The summed E-state index contributed by atoms with van der Waals surface area (Å²) < 4.78 is 91.8. The molecule has 140 valence electrons. The Balaban J connectivity index is 4.14. The molecular weight excluding hydrogens is 444 g/mol. The molecule has 0 saturated carbocycles. The van der Waals surface area contributed by atoms with Crippen LogP contribution in [0.15, 0.2) is 0 Å². The number of hydrogen-bond acceptors (Lipinski definition) is 1. The number of alkyl halides is 8. The van der Waals surface area contributed by atoms with E-state index in [0.717, 1.165) is 32.1 Å². The Hall–Kier alpha value is 0.200. The van der Waals surface area contributed by atoms with Crippen LogP contribution in [0.3, 0.4) is 0 Å². The number of hydrogen-bond donors (Lipinski definition) is 0. The first-order valence-electron chi connectivity index (χ1n) is 7.50. The number of halogens is 8. The Labute approximate surface area is 145 Å². The third-order valence-electron chi connectivity index (χ3n) is 3.34. The summed E-state index contributed by atoms with van der Waals surface area (Å²) >= 11 is 1.36. The standard InChI is InChI=1S/C14H22F7IO/c1-2-3-4-5-6-7-8-23-10-11(22)9-12(15,13(16,17)18)14(19,20)21/h11H,2-10H2,1H3. The zero-order valence-electron chi connectivity index (χ0n) is 12.9. The van der Waals surface area contributed by atoms with Crippen LogP contribution in [0.4, 0.5) is 30.7 Å². The van der Waals surface area contributed by atoms with Gasteiger partial charge in [-0.3, -0.25) is 0 Å². The predicted molar refractivity (Wildman–Crippen MR) is 82.6 cm³/mol. The maximum atomic E-state index is 13.5. The van der Waals surface area contributed by atoms with Crippen molar-refractivity contribution in [2.75, 3.05) is 13.2 Å². The fraction of sp³-hybridized carbons (Fsp3) is 1.00. The van der Waals surface area contributed by atoms with Crippen molar-refractivity contribution in [3.8, 4) is 0 Å². The molecule has 0 aliphatic heterocycles. The van der Waals surface area contributed by atoms with Crippen LogP contribution >= 0.6 is 22.6 Å². The molecule has 0 heterocycles. The molecule has 0 radical (unpaired) electrons. The van der Waals surface area contributed by atoms with Gasteiger partial charge in [-0.2, -0.15) is 26.3 Å². The molecule has 0 saturated heterocycles. The first-order valence-corrected chi connectivity index (χ1v) is 8.74. The van der Waals surface area contributed by atoms with Crippen LogP contribution in [0, 0.1) is 0 Å². The van der Waals surface area contributed by atoms with Gasteiger partial charge >= 0.3 is 12.4 Å². The molecule has 9 heteroatoms. The van der Waals surface area contributed by atoms with E-state index in [1.54, 1.807) is 0 Å². The molecule has 0 aromatic carbocycles. The molecule has 0 fully saturated rings. The Kier molecular flexibility index (Phi) is 10.3. The molecule has 0 amide bonds. The van der Waals surface area contributed by atoms with Gasteiger partial charge in [-0.05, 0) is 6.42 Å². The molecule has 0 aliphatic carbocycles. The fourth-order valence-corrected chi connectivity index (χ4v) is 2.81. The first kappa shape index (κ1) is 23.2. The van der Waals surface area contributed by atoms with Crippen molar-refractivity contribution in [3.05, 3.63) is 0 Å². The minimum absolute atomic E-state index is 0.253. The van der Waals surface area contributed by atoms with Gasteiger partial charge in [0.15, 0.2) is 0 Å². The zero-order valence-corrected chi connectivity index (χ0v) is 15.0. The Morgan fingerprint density at radius 3 is 1.78 bits per heavy atom. The maximum absolute atomic E-state index is 13.5. The fourth-order valence-electron chi connectivity index (χ4n) is 1.95. The van der Waals surface area contributed by atoms with Crippen LogP contribution in [0.1, 0.15) is 51.9 Å². The Morgan fingerprint density at radius 1 is 0.826 bits per heavy atom. The van der Waals surface area contributed by atoms with Crippen LogP contribution in [0.5, 0.6) is 0 Å². The van der Waals surface area contributed by atoms with Crippen LogP contribution in [0.25, 0.3) is 0 Å². The summed E-state index contributed by atoms with van der Waals surface area (Å²) in [6, 6.07) is 0.